The second-order valence-electron chi connectivity index (χ2n) is 10.5. The molecular weight excluding hydrogens is 468 g/mol. The lowest BCUT2D eigenvalue weighted by molar-refractivity contribution is -0.148. The number of pyridine rings is 1. The molecule has 4 heteroatoms. The zero-order valence-electron chi connectivity index (χ0n) is 23.8. The quantitative estimate of drug-likeness (QED) is 0.206. The van der Waals surface area contributed by atoms with Crippen LogP contribution in [-0.2, 0) is 22.4 Å². The third kappa shape index (κ3) is 5.55. The molecular formula is C34H42N2O2. The first kappa shape index (κ1) is 27.6. The predicted molar refractivity (Wildman–Crippen MR) is 158 cm³/mol. The monoisotopic (exact) mass is 510 g/mol. The normalized spacial score (nSPS) is 13.1. The fourth-order valence-corrected chi connectivity index (χ4v) is 5.71. The van der Waals surface area contributed by atoms with Gasteiger partial charge in [0.05, 0.1) is 29.9 Å². The predicted octanol–water partition coefficient (Wildman–Crippen LogP) is 8.59. The number of esters is 1. The topological polar surface area (TPSA) is 55.0 Å². The van der Waals surface area contributed by atoms with Gasteiger partial charge in [0.1, 0.15) is 0 Å². The number of fused-ring (bicyclic) bond motifs is 1. The number of hydrogen-bond acceptors (Lipinski definition) is 3. The van der Waals surface area contributed by atoms with Crippen molar-refractivity contribution >= 4 is 16.9 Å². The molecule has 0 radical (unpaired) electrons. The SMILES string of the molecule is CCCC(C(=O)OCC)C(c1ccc(C(C)C)cc1)c1c[nH]c2cnc(-c3c(CC)cccc3CC)cc12. The number of carbonyl (C=O) groups excluding carboxylic acids is 1. The fourth-order valence-electron chi connectivity index (χ4n) is 5.71. The Morgan fingerprint density at radius 2 is 1.61 bits per heavy atom. The Morgan fingerprint density at radius 1 is 0.947 bits per heavy atom. The van der Waals surface area contributed by atoms with Crippen LogP contribution in [0.4, 0.5) is 0 Å². The molecule has 2 unspecified atom stereocenters. The molecule has 0 bridgehead atoms. The average molecular weight is 511 g/mol. The van der Waals surface area contributed by atoms with Crippen LogP contribution in [0.5, 0.6) is 0 Å². The van der Waals surface area contributed by atoms with Gasteiger partial charge in [-0.15, -0.1) is 0 Å². The molecule has 0 aliphatic rings. The number of nitrogens with one attached hydrogen (secondary N) is 1. The Kier molecular flexibility index (Phi) is 9.04. The summed E-state index contributed by atoms with van der Waals surface area (Å²) < 4.78 is 5.62. The second kappa shape index (κ2) is 12.4. The average Bonchev–Trinajstić information content (AvgIpc) is 3.35. The highest BCUT2D eigenvalue weighted by molar-refractivity contribution is 5.89. The molecule has 4 aromatic rings. The highest BCUT2D eigenvalue weighted by Crippen LogP contribution is 2.41. The summed E-state index contributed by atoms with van der Waals surface area (Å²) in [6.45, 7) is 13.2. The van der Waals surface area contributed by atoms with Gasteiger partial charge in [-0.2, -0.15) is 0 Å². The Balaban J connectivity index is 1.92. The van der Waals surface area contributed by atoms with E-state index in [0.29, 0.717) is 12.5 Å². The van der Waals surface area contributed by atoms with Gasteiger partial charge in [-0.1, -0.05) is 83.5 Å². The smallest absolute Gasteiger partial charge is 0.309 e. The van der Waals surface area contributed by atoms with Crippen molar-refractivity contribution in [2.45, 2.75) is 79.1 Å². The van der Waals surface area contributed by atoms with Crippen molar-refractivity contribution in [1.29, 1.82) is 0 Å². The number of nitrogens with zero attached hydrogens (tertiary/aromatic N) is 1. The van der Waals surface area contributed by atoms with E-state index >= 15 is 0 Å². The number of benzene rings is 2. The molecule has 2 heterocycles. The van der Waals surface area contributed by atoms with Crippen molar-refractivity contribution in [2.24, 2.45) is 5.92 Å². The molecule has 4 rings (SSSR count). The largest absolute Gasteiger partial charge is 0.466 e. The van der Waals surface area contributed by atoms with Gasteiger partial charge in [0, 0.05) is 23.1 Å². The van der Waals surface area contributed by atoms with Crippen LogP contribution >= 0.6 is 0 Å². The van der Waals surface area contributed by atoms with E-state index in [2.05, 4.69) is 94.3 Å². The minimum atomic E-state index is -0.269. The van der Waals surface area contributed by atoms with E-state index in [9.17, 15) is 4.79 Å². The Bertz CT molecular complexity index is 1350. The van der Waals surface area contributed by atoms with Crippen LogP contribution in [0.15, 0.2) is 60.9 Å². The molecule has 0 aliphatic carbocycles. The summed E-state index contributed by atoms with van der Waals surface area (Å²) in [5.74, 6) is -0.0616. The maximum Gasteiger partial charge on any atom is 0.309 e. The number of aromatic amines is 1. The van der Waals surface area contributed by atoms with Crippen LogP contribution in [0.3, 0.4) is 0 Å². The number of ether oxygens (including phenoxy) is 1. The first-order valence-electron chi connectivity index (χ1n) is 14.3. The third-order valence-electron chi connectivity index (χ3n) is 7.74. The second-order valence-corrected chi connectivity index (χ2v) is 10.5. The van der Waals surface area contributed by atoms with E-state index in [1.54, 1.807) is 0 Å². The molecule has 0 saturated heterocycles. The Morgan fingerprint density at radius 3 is 2.18 bits per heavy atom. The zero-order valence-corrected chi connectivity index (χ0v) is 23.8. The summed E-state index contributed by atoms with van der Waals surface area (Å²) in [5, 5.41) is 1.12. The van der Waals surface area contributed by atoms with Crippen molar-refractivity contribution < 1.29 is 9.53 Å². The fraction of sp³-hybridized carbons (Fsp3) is 0.412. The Hall–Kier alpha value is -3.40. The van der Waals surface area contributed by atoms with Crippen molar-refractivity contribution in [2.75, 3.05) is 6.61 Å². The highest BCUT2D eigenvalue weighted by Gasteiger charge is 2.33. The third-order valence-corrected chi connectivity index (χ3v) is 7.74. The molecule has 0 saturated carbocycles. The molecule has 38 heavy (non-hydrogen) atoms. The molecule has 0 amide bonds. The summed E-state index contributed by atoms with van der Waals surface area (Å²) in [6.07, 6.45) is 7.59. The molecule has 0 fully saturated rings. The van der Waals surface area contributed by atoms with Crippen molar-refractivity contribution in [3.05, 3.63) is 88.7 Å². The molecule has 0 aliphatic heterocycles. The summed E-state index contributed by atoms with van der Waals surface area (Å²) in [4.78, 5) is 21.7. The van der Waals surface area contributed by atoms with E-state index < -0.39 is 0 Å². The molecule has 200 valence electrons. The minimum absolute atomic E-state index is 0.119. The van der Waals surface area contributed by atoms with Gasteiger partial charge in [-0.25, -0.2) is 0 Å². The lowest BCUT2D eigenvalue weighted by Crippen LogP contribution is -2.25. The van der Waals surface area contributed by atoms with E-state index in [-0.39, 0.29) is 17.8 Å². The van der Waals surface area contributed by atoms with Crippen LogP contribution in [-0.4, -0.2) is 22.5 Å². The van der Waals surface area contributed by atoms with Crippen LogP contribution in [0.1, 0.15) is 94.0 Å². The van der Waals surface area contributed by atoms with Gasteiger partial charge in [-0.3, -0.25) is 9.78 Å². The first-order chi connectivity index (χ1) is 18.4. The number of aryl methyl sites for hydroxylation is 2. The molecule has 1 N–H and O–H groups in total. The Labute approximate surface area is 227 Å². The van der Waals surface area contributed by atoms with E-state index in [4.69, 9.17) is 9.72 Å². The number of H-pyrrole nitrogens is 1. The lowest BCUT2D eigenvalue weighted by Gasteiger charge is -2.26. The van der Waals surface area contributed by atoms with Crippen molar-refractivity contribution in [1.82, 2.24) is 9.97 Å². The summed E-state index contributed by atoms with van der Waals surface area (Å²) >= 11 is 0. The molecule has 2 aromatic carbocycles. The molecule has 0 spiro atoms. The number of rotatable bonds is 11. The standard InChI is InChI=1S/C34H42N2O2/c1-7-12-27(34(37)38-10-4)33(26-17-15-25(16-18-26)22(5)6)29-20-35-31-21-36-30(19-28(29)31)32-23(8-2)13-11-14-24(32)9-3/h11,13-22,27,33,35H,7-10,12H2,1-6H3. The number of carbonyl (C=O) groups is 1. The van der Waals surface area contributed by atoms with Gasteiger partial charge >= 0.3 is 5.97 Å². The number of aromatic nitrogens is 2. The van der Waals surface area contributed by atoms with Crippen LogP contribution in [0.25, 0.3) is 22.2 Å². The molecule has 2 aromatic heterocycles. The minimum Gasteiger partial charge on any atom is -0.466 e. The van der Waals surface area contributed by atoms with Crippen molar-refractivity contribution in [3.8, 4) is 11.3 Å². The molecule has 4 nitrogen and oxygen atoms in total. The van der Waals surface area contributed by atoms with Crippen molar-refractivity contribution in [3.63, 3.8) is 0 Å². The van der Waals surface area contributed by atoms with Gasteiger partial charge in [-0.05, 0) is 66.0 Å². The first-order valence-corrected chi connectivity index (χ1v) is 14.3. The summed E-state index contributed by atoms with van der Waals surface area (Å²) in [6, 6.07) is 17.6. The van der Waals surface area contributed by atoms with Gasteiger partial charge < -0.3 is 9.72 Å². The van der Waals surface area contributed by atoms with Crippen LogP contribution in [0, 0.1) is 5.92 Å². The molecule has 2 atom stereocenters. The summed E-state index contributed by atoms with van der Waals surface area (Å²) in [7, 11) is 0. The zero-order chi connectivity index (χ0) is 27.2. The maximum atomic E-state index is 13.4. The van der Waals surface area contributed by atoms with Gasteiger partial charge in [0.25, 0.3) is 0 Å². The highest BCUT2D eigenvalue weighted by atomic mass is 16.5. The lowest BCUT2D eigenvalue weighted by atomic mass is 9.78. The summed E-state index contributed by atoms with van der Waals surface area (Å²) in [5.41, 5.74) is 9.39. The number of hydrogen-bond donors (Lipinski definition) is 1. The van der Waals surface area contributed by atoms with Crippen LogP contribution < -0.4 is 0 Å². The van der Waals surface area contributed by atoms with Gasteiger partial charge in [0.2, 0.25) is 0 Å². The van der Waals surface area contributed by atoms with Crippen LogP contribution in [0.2, 0.25) is 0 Å². The van der Waals surface area contributed by atoms with Gasteiger partial charge in [0.15, 0.2) is 0 Å². The van der Waals surface area contributed by atoms with E-state index in [1.807, 2.05) is 13.1 Å². The van der Waals surface area contributed by atoms with E-state index in [1.165, 1.54) is 22.3 Å². The maximum absolute atomic E-state index is 13.4. The van der Waals surface area contributed by atoms with E-state index in [0.717, 1.165) is 53.4 Å².